The lowest BCUT2D eigenvalue weighted by atomic mass is 10.0. The van der Waals surface area contributed by atoms with Crippen molar-refractivity contribution in [3.05, 3.63) is 42.0 Å². The number of morpholine rings is 1. The second kappa shape index (κ2) is 7.61. The molecule has 1 aliphatic heterocycles. The first-order valence-corrected chi connectivity index (χ1v) is 8.53. The number of amides is 1. The maximum atomic E-state index is 12.9. The average molecular weight is 340 g/mol. The Hall–Kier alpha value is -2.47. The number of azo groups is 1. The predicted octanol–water partition coefficient (Wildman–Crippen LogP) is 3.19. The van der Waals surface area contributed by atoms with Crippen molar-refractivity contribution in [3.8, 4) is 0 Å². The van der Waals surface area contributed by atoms with Crippen LogP contribution >= 0.6 is 0 Å². The van der Waals surface area contributed by atoms with E-state index in [9.17, 15) is 4.79 Å². The molecule has 1 N–H and O–H groups in total. The number of ether oxygens (including phenoxy) is 1. The zero-order valence-corrected chi connectivity index (χ0v) is 14.9. The maximum Gasteiger partial charge on any atom is 0.254 e. The monoisotopic (exact) mass is 340 g/mol. The third-order valence-electron chi connectivity index (χ3n) is 4.59. The largest absolute Gasteiger partial charge is 0.388 e. The van der Waals surface area contributed by atoms with E-state index in [2.05, 4.69) is 21.6 Å². The topological polar surface area (TPSA) is 66.3 Å². The standard InChI is InChI=1S/C19H24N4O2/c1-13(22-21-3)18-12-23(8-9-25-18)19(24)16-5-4-15-11-17(20-2)7-6-14(15)10-16/h4-7,10-11,13,18,20H,8-9,12H2,1-3H3. The summed E-state index contributed by atoms with van der Waals surface area (Å²) in [6.07, 6.45) is -0.111. The highest BCUT2D eigenvalue weighted by Crippen LogP contribution is 2.22. The Kier molecular flexibility index (Phi) is 5.28. The van der Waals surface area contributed by atoms with Gasteiger partial charge >= 0.3 is 0 Å². The number of anilines is 1. The van der Waals surface area contributed by atoms with Gasteiger partial charge in [0.2, 0.25) is 0 Å². The van der Waals surface area contributed by atoms with Gasteiger partial charge in [0, 0.05) is 38.4 Å². The second-order valence-electron chi connectivity index (χ2n) is 6.24. The molecule has 2 aromatic carbocycles. The molecule has 2 unspecified atom stereocenters. The number of hydrogen-bond donors (Lipinski definition) is 1. The van der Waals surface area contributed by atoms with Crippen LogP contribution < -0.4 is 5.32 Å². The van der Waals surface area contributed by atoms with E-state index in [0.717, 1.165) is 16.5 Å². The van der Waals surface area contributed by atoms with Crippen molar-refractivity contribution in [1.82, 2.24) is 4.90 Å². The summed E-state index contributed by atoms with van der Waals surface area (Å²) in [4.78, 5) is 14.7. The van der Waals surface area contributed by atoms with Crippen molar-refractivity contribution >= 4 is 22.4 Å². The van der Waals surface area contributed by atoms with E-state index in [4.69, 9.17) is 4.74 Å². The summed E-state index contributed by atoms with van der Waals surface area (Å²) < 4.78 is 5.75. The first kappa shape index (κ1) is 17.4. The van der Waals surface area contributed by atoms with Crippen molar-refractivity contribution in [3.63, 3.8) is 0 Å². The minimum Gasteiger partial charge on any atom is -0.388 e. The van der Waals surface area contributed by atoms with Gasteiger partial charge in [0.25, 0.3) is 5.91 Å². The van der Waals surface area contributed by atoms with Crippen LogP contribution in [0.15, 0.2) is 46.6 Å². The van der Waals surface area contributed by atoms with E-state index < -0.39 is 0 Å². The van der Waals surface area contributed by atoms with E-state index in [0.29, 0.717) is 25.3 Å². The van der Waals surface area contributed by atoms with Gasteiger partial charge in [-0.1, -0.05) is 12.1 Å². The van der Waals surface area contributed by atoms with E-state index in [1.54, 1.807) is 7.05 Å². The van der Waals surface area contributed by atoms with Crippen LogP contribution in [0.1, 0.15) is 17.3 Å². The number of nitrogens with one attached hydrogen (secondary N) is 1. The molecule has 0 bridgehead atoms. The molecule has 6 nitrogen and oxygen atoms in total. The minimum absolute atomic E-state index is 0.0357. The molecule has 3 rings (SSSR count). The molecule has 0 aromatic heterocycles. The molecule has 1 saturated heterocycles. The van der Waals surface area contributed by atoms with Crippen LogP contribution in [0.4, 0.5) is 5.69 Å². The maximum absolute atomic E-state index is 12.9. The number of benzene rings is 2. The lowest BCUT2D eigenvalue weighted by molar-refractivity contribution is -0.0305. The minimum atomic E-state index is -0.111. The van der Waals surface area contributed by atoms with Crippen LogP contribution in [0, 0.1) is 0 Å². The average Bonchev–Trinajstić information content (AvgIpc) is 2.66. The van der Waals surface area contributed by atoms with E-state index in [1.165, 1.54) is 0 Å². The third kappa shape index (κ3) is 3.79. The summed E-state index contributed by atoms with van der Waals surface area (Å²) in [5, 5.41) is 13.2. The fraction of sp³-hybridized carbons (Fsp3) is 0.421. The fourth-order valence-electron chi connectivity index (χ4n) is 3.13. The summed E-state index contributed by atoms with van der Waals surface area (Å²) in [6, 6.07) is 11.9. The fourth-order valence-corrected chi connectivity index (χ4v) is 3.13. The Morgan fingerprint density at radius 1 is 1.28 bits per heavy atom. The highest BCUT2D eigenvalue weighted by atomic mass is 16.5. The highest BCUT2D eigenvalue weighted by molar-refractivity contribution is 5.99. The SMILES string of the molecule is CN=NC(C)C1CN(C(=O)c2ccc3cc(NC)ccc3c2)CCO1. The van der Waals surface area contributed by atoms with Crippen LogP contribution in [0.2, 0.25) is 0 Å². The van der Waals surface area contributed by atoms with Crippen molar-refractivity contribution in [2.75, 3.05) is 39.1 Å². The summed E-state index contributed by atoms with van der Waals surface area (Å²) in [5.74, 6) is 0.0357. The molecule has 0 aliphatic carbocycles. The third-order valence-corrected chi connectivity index (χ3v) is 4.59. The first-order chi connectivity index (χ1) is 12.1. The number of hydrogen-bond acceptors (Lipinski definition) is 5. The molecule has 0 spiro atoms. The summed E-state index contributed by atoms with van der Waals surface area (Å²) >= 11 is 0. The molecule has 1 amide bonds. The first-order valence-electron chi connectivity index (χ1n) is 8.53. The van der Waals surface area contributed by atoms with Gasteiger partial charge in [-0.25, -0.2) is 0 Å². The van der Waals surface area contributed by atoms with Gasteiger partial charge in [0.15, 0.2) is 0 Å². The molecular formula is C19H24N4O2. The number of carbonyl (C=O) groups is 1. The quantitative estimate of drug-likeness (QED) is 0.869. The van der Waals surface area contributed by atoms with Gasteiger partial charge in [-0.3, -0.25) is 4.79 Å². The zero-order valence-electron chi connectivity index (χ0n) is 14.9. The van der Waals surface area contributed by atoms with Crippen molar-refractivity contribution in [1.29, 1.82) is 0 Å². The van der Waals surface area contributed by atoms with Gasteiger partial charge < -0.3 is 15.0 Å². The van der Waals surface area contributed by atoms with Crippen molar-refractivity contribution in [2.24, 2.45) is 10.2 Å². The van der Waals surface area contributed by atoms with E-state index >= 15 is 0 Å². The summed E-state index contributed by atoms with van der Waals surface area (Å²) in [7, 11) is 3.55. The van der Waals surface area contributed by atoms with Crippen LogP contribution in [0.25, 0.3) is 10.8 Å². The lowest BCUT2D eigenvalue weighted by Gasteiger charge is -2.34. The van der Waals surface area contributed by atoms with Gasteiger partial charge in [0.1, 0.15) is 0 Å². The number of carbonyl (C=O) groups excluding carboxylic acids is 1. The molecule has 1 aliphatic rings. The van der Waals surface area contributed by atoms with Gasteiger partial charge in [-0.15, -0.1) is 0 Å². The Labute approximate surface area is 147 Å². The molecule has 132 valence electrons. The van der Waals surface area contributed by atoms with Crippen LogP contribution in [0.5, 0.6) is 0 Å². The van der Waals surface area contributed by atoms with Gasteiger partial charge in [-0.2, -0.15) is 10.2 Å². The van der Waals surface area contributed by atoms with Gasteiger partial charge in [0.05, 0.1) is 18.8 Å². The van der Waals surface area contributed by atoms with Gasteiger partial charge in [-0.05, 0) is 42.0 Å². The molecule has 0 saturated carbocycles. The van der Waals surface area contributed by atoms with Crippen molar-refractivity contribution in [2.45, 2.75) is 19.1 Å². The summed E-state index contributed by atoms with van der Waals surface area (Å²) in [5.41, 5.74) is 1.76. The second-order valence-corrected chi connectivity index (χ2v) is 6.24. The highest BCUT2D eigenvalue weighted by Gasteiger charge is 2.28. The normalized spacial score (nSPS) is 19.3. The smallest absolute Gasteiger partial charge is 0.254 e. The molecular weight excluding hydrogens is 316 g/mol. The predicted molar refractivity (Wildman–Crippen MR) is 99.4 cm³/mol. The molecule has 2 atom stereocenters. The van der Waals surface area contributed by atoms with E-state index in [-0.39, 0.29) is 18.1 Å². The van der Waals surface area contributed by atoms with Crippen molar-refractivity contribution < 1.29 is 9.53 Å². The summed E-state index contributed by atoms with van der Waals surface area (Å²) in [6.45, 7) is 3.62. The van der Waals surface area contributed by atoms with E-state index in [1.807, 2.05) is 49.2 Å². The molecule has 6 heteroatoms. The Bertz CT molecular complexity index is 790. The molecule has 0 radical (unpaired) electrons. The molecule has 1 fully saturated rings. The number of fused-ring (bicyclic) bond motifs is 1. The number of rotatable bonds is 4. The van der Waals surface area contributed by atoms with Crippen LogP contribution in [0.3, 0.4) is 0 Å². The molecule has 1 heterocycles. The lowest BCUT2D eigenvalue weighted by Crippen LogP contribution is -2.48. The Morgan fingerprint density at radius 3 is 2.80 bits per heavy atom. The molecule has 25 heavy (non-hydrogen) atoms. The molecule has 2 aromatic rings. The zero-order chi connectivity index (χ0) is 17.8. The van der Waals surface area contributed by atoms with Crippen LogP contribution in [-0.4, -0.2) is 56.7 Å². The number of nitrogens with zero attached hydrogens (tertiary/aromatic N) is 3. The Morgan fingerprint density at radius 2 is 2.04 bits per heavy atom. The van der Waals surface area contributed by atoms with Crippen LogP contribution in [-0.2, 0) is 4.74 Å². The Balaban J connectivity index is 1.79.